The predicted molar refractivity (Wildman–Crippen MR) is 56.4 cm³/mol. The van der Waals surface area contributed by atoms with Gasteiger partial charge in [-0.3, -0.25) is 0 Å². The minimum Gasteiger partial charge on any atom is -0.310 e. The van der Waals surface area contributed by atoms with E-state index in [2.05, 4.69) is 46.0 Å². The largest absolute Gasteiger partial charge is 0.310 e. The zero-order valence-corrected chi connectivity index (χ0v) is 9.52. The Kier molecular flexibility index (Phi) is 5.02. The first-order valence-electron chi connectivity index (χ1n) is 5.04. The molecule has 0 aliphatic heterocycles. The second-order valence-electron chi connectivity index (χ2n) is 4.72. The van der Waals surface area contributed by atoms with Gasteiger partial charge in [0.1, 0.15) is 0 Å². The molecule has 2 nitrogen and oxygen atoms in total. The lowest BCUT2D eigenvalue weighted by atomic mass is 9.87. The molecule has 0 bridgehead atoms. The maximum Gasteiger partial charge on any atom is 0.0638 e. The lowest BCUT2D eigenvalue weighted by molar-refractivity contribution is 0.260. The van der Waals surface area contributed by atoms with Crippen LogP contribution in [0.25, 0.3) is 0 Å². The molecule has 0 rings (SSSR count). The van der Waals surface area contributed by atoms with Gasteiger partial charge in [-0.2, -0.15) is 5.26 Å². The van der Waals surface area contributed by atoms with Crippen LogP contribution in [-0.4, -0.2) is 12.1 Å². The molecule has 2 heteroatoms. The number of nitriles is 1. The van der Waals surface area contributed by atoms with Crippen molar-refractivity contribution < 1.29 is 0 Å². The van der Waals surface area contributed by atoms with Gasteiger partial charge in [-0.15, -0.1) is 0 Å². The number of nitrogens with one attached hydrogen (secondary N) is 1. The first-order valence-corrected chi connectivity index (χ1v) is 5.04. The molecule has 0 heterocycles. The fraction of sp³-hybridized carbons (Fsp3) is 0.909. The highest BCUT2D eigenvalue weighted by Crippen LogP contribution is 2.19. The first kappa shape index (κ1) is 12.4. The number of rotatable bonds is 4. The topological polar surface area (TPSA) is 35.8 Å². The summed E-state index contributed by atoms with van der Waals surface area (Å²) in [5.74, 6) is 0. The Labute approximate surface area is 82.3 Å². The molecule has 0 aliphatic carbocycles. The summed E-state index contributed by atoms with van der Waals surface area (Å²) < 4.78 is 0. The van der Waals surface area contributed by atoms with E-state index in [1.54, 1.807) is 0 Å². The van der Waals surface area contributed by atoms with Gasteiger partial charge in [0.15, 0.2) is 0 Å². The lowest BCUT2D eigenvalue weighted by Gasteiger charge is -2.31. The highest BCUT2D eigenvalue weighted by Gasteiger charge is 2.21. The second-order valence-corrected chi connectivity index (χ2v) is 4.72. The van der Waals surface area contributed by atoms with E-state index in [1.807, 2.05) is 0 Å². The summed E-state index contributed by atoms with van der Waals surface area (Å²) in [6, 6.07) is 3.01. The number of hydrogen-bond acceptors (Lipinski definition) is 2. The van der Waals surface area contributed by atoms with Crippen molar-refractivity contribution in [2.45, 2.75) is 59.5 Å². The van der Waals surface area contributed by atoms with Gasteiger partial charge in [-0.05, 0) is 18.8 Å². The Morgan fingerprint density at radius 3 is 2.23 bits per heavy atom. The predicted octanol–water partition coefficient (Wildman–Crippen LogP) is 2.70. The molecular formula is C11H22N2. The first-order chi connectivity index (χ1) is 5.91. The Balaban J connectivity index is 4.02. The van der Waals surface area contributed by atoms with Crippen LogP contribution in [0.3, 0.4) is 0 Å². The summed E-state index contributed by atoms with van der Waals surface area (Å²) in [5, 5.41) is 12.1. The van der Waals surface area contributed by atoms with E-state index in [0.29, 0.717) is 18.5 Å². The molecule has 0 saturated carbocycles. The van der Waals surface area contributed by atoms with E-state index in [0.717, 1.165) is 6.42 Å². The van der Waals surface area contributed by atoms with Crippen molar-refractivity contribution in [1.82, 2.24) is 5.32 Å². The molecule has 13 heavy (non-hydrogen) atoms. The molecule has 0 aromatic carbocycles. The normalized spacial score (nSPS) is 16.3. The third kappa shape index (κ3) is 4.90. The smallest absolute Gasteiger partial charge is 0.0638 e. The van der Waals surface area contributed by atoms with Crippen LogP contribution in [0.15, 0.2) is 0 Å². The van der Waals surface area contributed by atoms with E-state index in [9.17, 15) is 0 Å². The Hall–Kier alpha value is -0.550. The molecule has 0 aromatic heterocycles. The average Bonchev–Trinajstić information content (AvgIpc) is 2.01. The van der Waals surface area contributed by atoms with E-state index in [4.69, 9.17) is 5.26 Å². The molecule has 0 fully saturated rings. The molecule has 0 saturated heterocycles. The summed E-state index contributed by atoms with van der Waals surface area (Å²) >= 11 is 0. The van der Waals surface area contributed by atoms with E-state index < -0.39 is 0 Å². The van der Waals surface area contributed by atoms with Crippen LogP contribution in [0, 0.1) is 16.7 Å². The SMILES string of the molecule is CCC(CC#N)NC(C)C(C)(C)C. The van der Waals surface area contributed by atoms with Gasteiger partial charge in [0.25, 0.3) is 0 Å². The quantitative estimate of drug-likeness (QED) is 0.725. The van der Waals surface area contributed by atoms with Crippen molar-refractivity contribution >= 4 is 0 Å². The zero-order valence-electron chi connectivity index (χ0n) is 9.52. The van der Waals surface area contributed by atoms with Gasteiger partial charge >= 0.3 is 0 Å². The molecule has 0 aliphatic rings. The van der Waals surface area contributed by atoms with Crippen LogP contribution in [0.5, 0.6) is 0 Å². The summed E-state index contributed by atoms with van der Waals surface area (Å²) in [6.07, 6.45) is 1.63. The van der Waals surface area contributed by atoms with Gasteiger partial charge in [0.2, 0.25) is 0 Å². The lowest BCUT2D eigenvalue weighted by Crippen LogP contribution is -2.43. The Morgan fingerprint density at radius 1 is 1.38 bits per heavy atom. The molecule has 0 radical (unpaired) electrons. The van der Waals surface area contributed by atoms with Crippen molar-refractivity contribution in [3.63, 3.8) is 0 Å². The van der Waals surface area contributed by atoms with Gasteiger partial charge in [-0.1, -0.05) is 27.7 Å². The fourth-order valence-electron chi connectivity index (χ4n) is 1.03. The highest BCUT2D eigenvalue weighted by atomic mass is 15.0. The third-order valence-electron chi connectivity index (χ3n) is 2.62. The van der Waals surface area contributed by atoms with Gasteiger partial charge < -0.3 is 5.32 Å². The minimum atomic E-state index is 0.267. The van der Waals surface area contributed by atoms with Crippen LogP contribution >= 0.6 is 0 Å². The van der Waals surface area contributed by atoms with Gasteiger partial charge in [-0.25, -0.2) is 0 Å². The monoisotopic (exact) mass is 182 g/mol. The zero-order chi connectivity index (χ0) is 10.5. The molecule has 1 N–H and O–H groups in total. The Bertz CT molecular complexity index is 174. The summed E-state index contributed by atoms with van der Waals surface area (Å²) in [6.45, 7) is 10.9. The molecule has 2 atom stereocenters. The van der Waals surface area contributed by atoms with E-state index in [-0.39, 0.29) is 5.41 Å². The second kappa shape index (κ2) is 5.24. The van der Waals surface area contributed by atoms with Crippen LogP contribution in [0.1, 0.15) is 47.5 Å². The molecular weight excluding hydrogens is 160 g/mol. The molecule has 76 valence electrons. The van der Waals surface area contributed by atoms with E-state index >= 15 is 0 Å². The highest BCUT2D eigenvalue weighted by molar-refractivity contribution is 4.85. The van der Waals surface area contributed by atoms with Crippen LogP contribution in [0.4, 0.5) is 0 Å². The number of nitrogens with zero attached hydrogens (tertiary/aromatic N) is 1. The average molecular weight is 182 g/mol. The number of hydrogen-bond donors (Lipinski definition) is 1. The minimum absolute atomic E-state index is 0.267. The van der Waals surface area contributed by atoms with Crippen molar-refractivity contribution in [3.05, 3.63) is 0 Å². The maximum absolute atomic E-state index is 8.59. The van der Waals surface area contributed by atoms with Crippen molar-refractivity contribution in [2.75, 3.05) is 0 Å². The van der Waals surface area contributed by atoms with Crippen molar-refractivity contribution in [2.24, 2.45) is 5.41 Å². The molecule has 0 spiro atoms. The van der Waals surface area contributed by atoms with Gasteiger partial charge in [0.05, 0.1) is 12.5 Å². The van der Waals surface area contributed by atoms with Crippen molar-refractivity contribution in [3.8, 4) is 6.07 Å². The molecule has 0 aromatic rings. The molecule has 2 unspecified atom stereocenters. The van der Waals surface area contributed by atoms with Crippen LogP contribution < -0.4 is 5.32 Å². The van der Waals surface area contributed by atoms with Crippen LogP contribution in [0.2, 0.25) is 0 Å². The van der Waals surface area contributed by atoms with Gasteiger partial charge in [0, 0.05) is 12.1 Å². The third-order valence-corrected chi connectivity index (χ3v) is 2.62. The van der Waals surface area contributed by atoms with Crippen molar-refractivity contribution in [1.29, 1.82) is 5.26 Å². The van der Waals surface area contributed by atoms with E-state index in [1.165, 1.54) is 0 Å². The standard InChI is InChI=1S/C11H22N2/c1-6-10(7-8-12)13-9(2)11(3,4)5/h9-10,13H,6-7H2,1-5H3. The summed E-state index contributed by atoms with van der Waals surface area (Å²) in [7, 11) is 0. The molecule has 0 amide bonds. The maximum atomic E-state index is 8.59. The summed E-state index contributed by atoms with van der Waals surface area (Å²) in [5.41, 5.74) is 0.267. The fourth-order valence-corrected chi connectivity index (χ4v) is 1.03. The summed E-state index contributed by atoms with van der Waals surface area (Å²) in [4.78, 5) is 0. The van der Waals surface area contributed by atoms with Crippen LogP contribution in [-0.2, 0) is 0 Å². The Morgan fingerprint density at radius 2 is 1.92 bits per heavy atom.